The second kappa shape index (κ2) is 8.68. The molecule has 0 spiro atoms. The molecule has 0 saturated carbocycles. The third-order valence-electron chi connectivity index (χ3n) is 5.55. The zero-order chi connectivity index (χ0) is 23.9. The first-order chi connectivity index (χ1) is 15.6. The van der Waals surface area contributed by atoms with Gasteiger partial charge in [-0.3, -0.25) is 23.9 Å². The Morgan fingerprint density at radius 3 is 2.73 bits per heavy atom. The first-order valence-electron chi connectivity index (χ1n) is 10.4. The van der Waals surface area contributed by atoms with E-state index in [1.54, 1.807) is 63.2 Å². The minimum Gasteiger partial charge on any atom is -0.322 e. The molecule has 4 rings (SSSR count). The molecule has 1 atom stereocenters. The fourth-order valence-corrected chi connectivity index (χ4v) is 4.92. The maximum atomic E-state index is 13.7. The van der Waals surface area contributed by atoms with E-state index in [4.69, 9.17) is 11.6 Å². The smallest absolute Gasteiger partial charge is 0.262 e. The van der Waals surface area contributed by atoms with Gasteiger partial charge < -0.3 is 5.32 Å². The largest absolute Gasteiger partial charge is 0.322 e. The van der Waals surface area contributed by atoms with Crippen LogP contribution in [0.3, 0.4) is 0 Å². The molecule has 1 N–H and O–H groups in total. The van der Waals surface area contributed by atoms with Gasteiger partial charge in [0.15, 0.2) is 5.16 Å². The normalized spacial score (nSPS) is 15.6. The van der Waals surface area contributed by atoms with Crippen LogP contribution < -0.4 is 15.8 Å². The summed E-state index contributed by atoms with van der Waals surface area (Å²) in [6.07, 6.45) is 1.61. The third-order valence-corrected chi connectivity index (χ3v) is 6.86. The number of para-hydroxylation sites is 2. The van der Waals surface area contributed by atoms with Gasteiger partial charge in [0, 0.05) is 11.6 Å². The topological polar surface area (TPSA) is 84.3 Å². The Morgan fingerprint density at radius 1 is 1.27 bits per heavy atom. The number of allylic oxidation sites excluding steroid dienone is 1. The molecule has 2 amide bonds. The molecule has 0 radical (unpaired) electrons. The lowest BCUT2D eigenvalue weighted by atomic mass is 9.96. The number of amides is 2. The highest BCUT2D eigenvalue weighted by molar-refractivity contribution is 8.00. The fourth-order valence-electron chi connectivity index (χ4n) is 3.79. The van der Waals surface area contributed by atoms with Crippen molar-refractivity contribution >= 4 is 57.5 Å². The SMILES string of the molecule is C=CCn1c(SC(C)C(=O)N2c3ccccc3NC(=O)C2(C)C)nc2cc(Cl)ccc2c1=O. The molecule has 0 saturated heterocycles. The number of carbonyl (C=O) groups is 2. The van der Waals surface area contributed by atoms with Crippen molar-refractivity contribution < 1.29 is 9.59 Å². The van der Waals surface area contributed by atoms with Crippen LogP contribution >= 0.6 is 23.4 Å². The second-order valence-corrected chi connectivity index (χ2v) is 9.97. The Morgan fingerprint density at radius 2 is 2.00 bits per heavy atom. The number of nitrogens with zero attached hydrogens (tertiary/aromatic N) is 3. The summed E-state index contributed by atoms with van der Waals surface area (Å²) in [6, 6.07) is 12.1. The van der Waals surface area contributed by atoms with Crippen LogP contribution in [-0.2, 0) is 16.1 Å². The average Bonchev–Trinajstić information content (AvgIpc) is 2.76. The standard InChI is InChI=1S/C24H23ClN4O3S/c1-5-12-28-21(31)16-11-10-15(25)13-18(16)27-23(28)33-14(2)20(30)29-19-9-7-6-8-17(19)26-22(32)24(29,3)4/h5-11,13-14H,1,12H2,2-4H3,(H,26,32). The number of anilines is 2. The summed E-state index contributed by atoms with van der Waals surface area (Å²) in [5.41, 5.74) is 0.334. The van der Waals surface area contributed by atoms with E-state index < -0.39 is 10.8 Å². The summed E-state index contributed by atoms with van der Waals surface area (Å²) in [6.45, 7) is 9.13. The first kappa shape index (κ1) is 23.1. The van der Waals surface area contributed by atoms with Crippen LogP contribution in [0.25, 0.3) is 10.9 Å². The van der Waals surface area contributed by atoms with E-state index in [1.807, 2.05) is 6.07 Å². The zero-order valence-electron chi connectivity index (χ0n) is 18.5. The van der Waals surface area contributed by atoms with Crippen LogP contribution in [0.5, 0.6) is 0 Å². The quantitative estimate of drug-likeness (QED) is 0.329. The Labute approximate surface area is 200 Å². The first-order valence-corrected chi connectivity index (χ1v) is 11.6. The van der Waals surface area contributed by atoms with Gasteiger partial charge in [-0.15, -0.1) is 6.58 Å². The monoisotopic (exact) mass is 482 g/mol. The zero-order valence-corrected chi connectivity index (χ0v) is 20.0. The number of thioether (sulfide) groups is 1. The van der Waals surface area contributed by atoms with Crippen molar-refractivity contribution in [1.82, 2.24) is 9.55 Å². The van der Waals surface area contributed by atoms with E-state index in [1.165, 1.54) is 9.47 Å². The van der Waals surface area contributed by atoms with Gasteiger partial charge >= 0.3 is 0 Å². The summed E-state index contributed by atoms with van der Waals surface area (Å²) in [5.74, 6) is -0.535. The molecular formula is C24H23ClN4O3S. The van der Waals surface area contributed by atoms with Crippen LogP contribution in [0, 0.1) is 0 Å². The Hall–Kier alpha value is -3.10. The van der Waals surface area contributed by atoms with E-state index in [0.717, 1.165) is 11.8 Å². The minimum atomic E-state index is -1.09. The molecule has 1 unspecified atom stereocenters. The Bertz CT molecular complexity index is 1350. The van der Waals surface area contributed by atoms with E-state index in [-0.39, 0.29) is 23.9 Å². The number of rotatable bonds is 5. The maximum absolute atomic E-state index is 13.7. The molecule has 2 heterocycles. The molecule has 0 bridgehead atoms. The van der Waals surface area contributed by atoms with Gasteiger partial charge in [0.05, 0.1) is 27.5 Å². The van der Waals surface area contributed by atoms with E-state index >= 15 is 0 Å². The second-order valence-electron chi connectivity index (χ2n) is 8.22. The summed E-state index contributed by atoms with van der Waals surface area (Å²) in [7, 11) is 0. The molecule has 170 valence electrons. The van der Waals surface area contributed by atoms with Gasteiger partial charge in [-0.25, -0.2) is 4.98 Å². The van der Waals surface area contributed by atoms with Gasteiger partial charge in [-0.05, 0) is 51.1 Å². The number of hydrogen-bond acceptors (Lipinski definition) is 5. The van der Waals surface area contributed by atoms with Crippen molar-refractivity contribution in [3.8, 4) is 0 Å². The van der Waals surface area contributed by atoms with Crippen molar-refractivity contribution in [2.24, 2.45) is 0 Å². The van der Waals surface area contributed by atoms with Gasteiger partial charge in [-0.1, -0.05) is 41.6 Å². The number of nitrogens with one attached hydrogen (secondary N) is 1. The van der Waals surface area contributed by atoms with Gasteiger partial charge in [0.2, 0.25) is 11.8 Å². The lowest BCUT2D eigenvalue weighted by Gasteiger charge is -2.43. The third kappa shape index (κ3) is 4.05. The number of benzene rings is 2. The molecule has 1 aliphatic rings. The molecule has 9 heteroatoms. The predicted molar refractivity (Wildman–Crippen MR) is 133 cm³/mol. The maximum Gasteiger partial charge on any atom is 0.262 e. The minimum absolute atomic E-state index is 0.234. The van der Waals surface area contributed by atoms with Gasteiger partial charge in [0.1, 0.15) is 5.54 Å². The van der Waals surface area contributed by atoms with Crippen molar-refractivity contribution in [2.75, 3.05) is 10.2 Å². The van der Waals surface area contributed by atoms with Crippen LogP contribution in [0.4, 0.5) is 11.4 Å². The van der Waals surface area contributed by atoms with Crippen molar-refractivity contribution in [3.63, 3.8) is 0 Å². The van der Waals surface area contributed by atoms with Crippen LogP contribution in [0.2, 0.25) is 5.02 Å². The van der Waals surface area contributed by atoms with Gasteiger partial charge in [0.25, 0.3) is 5.56 Å². The predicted octanol–water partition coefficient (Wildman–Crippen LogP) is 4.48. The molecule has 3 aromatic rings. The molecule has 0 fully saturated rings. The lowest BCUT2D eigenvalue weighted by Crippen LogP contribution is -2.60. The number of aromatic nitrogens is 2. The molecule has 2 aromatic carbocycles. The number of carbonyl (C=O) groups excluding carboxylic acids is 2. The average molecular weight is 483 g/mol. The Balaban J connectivity index is 1.75. The van der Waals surface area contributed by atoms with E-state index in [2.05, 4.69) is 16.9 Å². The highest BCUT2D eigenvalue weighted by atomic mass is 35.5. The summed E-state index contributed by atoms with van der Waals surface area (Å²) in [4.78, 5) is 45.6. The highest BCUT2D eigenvalue weighted by Crippen LogP contribution is 2.38. The van der Waals surface area contributed by atoms with Crippen molar-refractivity contribution in [3.05, 3.63) is 70.5 Å². The molecule has 7 nitrogen and oxygen atoms in total. The summed E-state index contributed by atoms with van der Waals surface area (Å²) >= 11 is 7.27. The van der Waals surface area contributed by atoms with Crippen molar-refractivity contribution in [1.29, 1.82) is 0 Å². The van der Waals surface area contributed by atoms with Gasteiger partial charge in [-0.2, -0.15) is 0 Å². The lowest BCUT2D eigenvalue weighted by molar-refractivity contribution is -0.126. The number of halogens is 1. The van der Waals surface area contributed by atoms with E-state index in [0.29, 0.717) is 32.5 Å². The van der Waals surface area contributed by atoms with Crippen LogP contribution in [-0.4, -0.2) is 32.2 Å². The highest BCUT2D eigenvalue weighted by Gasteiger charge is 2.45. The van der Waals surface area contributed by atoms with Crippen LogP contribution in [0.15, 0.2) is 65.1 Å². The fraction of sp³-hybridized carbons (Fsp3) is 0.250. The molecule has 1 aromatic heterocycles. The molecular weight excluding hydrogens is 460 g/mol. The number of fused-ring (bicyclic) bond motifs is 2. The number of hydrogen-bond donors (Lipinski definition) is 1. The molecule has 33 heavy (non-hydrogen) atoms. The Kier molecular flexibility index (Phi) is 6.07. The van der Waals surface area contributed by atoms with Crippen molar-refractivity contribution in [2.45, 2.75) is 43.3 Å². The molecule has 1 aliphatic heterocycles. The van der Waals surface area contributed by atoms with E-state index in [9.17, 15) is 14.4 Å². The summed E-state index contributed by atoms with van der Waals surface area (Å²) in [5, 5.41) is 3.51. The molecule has 0 aliphatic carbocycles. The summed E-state index contributed by atoms with van der Waals surface area (Å²) < 4.78 is 1.49. The van der Waals surface area contributed by atoms with Crippen LogP contribution in [0.1, 0.15) is 20.8 Å².